The molecule has 11 heteroatoms. The van der Waals surface area contributed by atoms with Gasteiger partial charge in [0.2, 0.25) is 5.91 Å². The van der Waals surface area contributed by atoms with E-state index in [0.717, 1.165) is 0 Å². The van der Waals surface area contributed by atoms with E-state index in [2.05, 4.69) is 10.6 Å². The van der Waals surface area contributed by atoms with E-state index in [-0.39, 0.29) is 18.8 Å². The van der Waals surface area contributed by atoms with Gasteiger partial charge >= 0.3 is 11.9 Å². The molecular weight excluding hydrogens is 496 g/mol. The number of amides is 1. The Morgan fingerprint density at radius 3 is 1.87 bits per heavy atom. The van der Waals surface area contributed by atoms with Crippen LogP contribution in [0.3, 0.4) is 0 Å². The highest BCUT2D eigenvalue weighted by atomic mass is 16.6. The van der Waals surface area contributed by atoms with Crippen molar-refractivity contribution in [3.8, 4) is 23.0 Å². The summed E-state index contributed by atoms with van der Waals surface area (Å²) in [6.07, 6.45) is 4.05. The van der Waals surface area contributed by atoms with Crippen LogP contribution in [0.2, 0.25) is 0 Å². The third-order valence-corrected chi connectivity index (χ3v) is 4.98. The first-order chi connectivity index (χ1) is 18.3. The Balaban J connectivity index is 2.28. The van der Waals surface area contributed by atoms with Crippen molar-refractivity contribution in [2.45, 2.75) is 13.8 Å². The topological polar surface area (TPSA) is 131 Å². The summed E-state index contributed by atoms with van der Waals surface area (Å²) in [6.45, 7) is 3.42. The molecule has 0 spiro atoms. The lowest BCUT2D eigenvalue weighted by Crippen LogP contribution is -2.19. The molecule has 1 amide bonds. The smallest absolute Gasteiger partial charge is 0.347 e. The van der Waals surface area contributed by atoms with Gasteiger partial charge in [0.05, 0.1) is 52.9 Å². The molecule has 0 saturated carbocycles. The van der Waals surface area contributed by atoms with Crippen LogP contribution in [0.25, 0.3) is 6.08 Å². The van der Waals surface area contributed by atoms with Crippen LogP contribution in [0.5, 0.6) is 23.0 Å². The van der Waals surface area contributed by atoms with Crippen molar-refractivity contribution in [1.82, 2.24) is 0 Å². The van der Waals surface area contributed by atoms with Gasteiger partial charge in [0.25, 0.3) is 0 Å². The van der Waals surface area contributed by atoms with Crippen LogP contribution in [0.4, 0.5) is 11.4 Å². The number of methoxy groups -OCH3 is 4. The van der Waals surface area contributed by atoms with E-state index < -0.39 is 17.8 Å². The second kappa shape index (κ2) is 14.8. The number of rotatable bonds is 13. The van der Waals surface area contributed by atoms with Gasteiger partial charge in [-0.25, -0.2) is 9.59 Å². The minimum atomic E-state index is -0.837. The molecular formula is C27H32N2O9. The van der Waals surface area contributed by atoms with E-state index in [1.165, 1.54) is 40.7 Å². The summed E-state index contributed by atoms with van der Waals surface area (Å²) in [5, 5.41) is 5.60. The number of hydrogen-bond acceptors (Lipinski definition) is 10. The van der Waals surface area contributed by atoms with Crippen molar-refractivity contribution in [1.29, 1.82) is 0 Å². The van der Waals surface area contributed by atoms with Crippen LogP contribution in [-0.4, -0.2) is 59.5 Å². The zero-order valence-electron chi connectivity index (χ0n) is 22.2. The Kier molecular flexibility index (Phi) is 11.5. The number of carbonyl (C=O) groups excluding carboxylic acids is 3. The van der Waals surface area contributed by atoms with Crippen molar-refractivity contribution in [3.05, 3.63) is 53.7 Å². The average molecular weight is 529 g/mol. The normalized spacial score (nSPS) is 10.3. The summed E-state index contributed by atoms with van der Waals surface area (Å²) in [5.41, 5.74) is 1.02. The minimum Gasteiger partial charge on any atom is -0.496 e. The van der Waals surface area contributed by atoms with Crippen molar-refractivity contribution < 1.29 is 42.8 Å². The molecule has 0 aliphatic carbocycles. The Morgan fingerprint density at radius 1 is 0.789 bits per heavy atom. The lowest BCUT2D eigenvalue weighted by atomic mass is 10.1. The molecule has 0 atom stereocenters. The van der Waals surface area contributed by atoms with Gasteiger partial charge in [-0.1, -0.05) is 0 Å². The standard InChI is InChI=1S/C27H32N2O9/c1-7-37-26(31)20(27(32)38-8-2)16-28-21-13-17(9-11-22(21)34-4)29-25(30)12-10-19-23(35-5)14-18(33-3)15-24(19)36-6/h9-16,28H,7-8H2,1-6H3,(H,29,30). The van der Waals surface area contributed by atoms with Crippen molar-refractivity contribution in [3.63, 3.8) is 0 Å². The number of benzene rings is 2. The predicted octanol–water partition coefficient (Wildman–Crippen LogP) is 3.79. The zero-order valence-corrected chi connectivity index (χ0v) is 22.2. The molecule has 0 heterocycles. The molecule has 0 radical (unpaired) electrons. The molecule has 0 aromatic heterocycles. The monoisotopic (exact) mass is 528 g/mol. The van der Waals surface area contributed by atoms with Crippen molar-refractivity contribution >= 4 is 35.3 Å². The maximum atomic E-state index is 12.7. The molecule has 2 aromatic rings. The maximum Gasteiger partial charge on any atom is 0.347 e. The lowest BCUT2D eigenvalue weighted by molar-refractivity contribution is -0.146. The molecule has 0 fully saturated rings. The Bertz CT molecular complexity index is 1160. The largest absolute Gasteiger partial charge is 0.496 e. The van der Waals surface area contributed by atoms with E-state index in [4.69, 9.17) is 28.4 Å². The van der Waals surface area contributed by atoms with Crippen LogP contribution in [0, 0.1) is 0 Å². The summed E-state index contributed by atoms with van der Waals surface area (Å²) in [6, 6.07) is 8.17. The van der Waals surface area contributed by atoms with Crippen LogP contribution in [0.1, 0.15) is 19.4 Å². The van der Waals surface area contributed by atoms with E-state index >= 15 is 0 Å². The fraction of sp³-hybridized carbons (Fsp3) is 0.296. The fourth-order valence-corrected chi connectivity index (χ4v) is 3.21. The van der Waals surface area contributed by atoms with Crippen LogP contribution < -0.4 is 29.6 Å². The summed E-state index contributed by atoms with van der Waals surface area (Å²) in [4.78, 5) is 37.1. The molecule has 38 heavy (non-hydrogen) atoms. The Morgan fingerprint density at radius 2 is 1.37 bits per heavy atom. The first kappa shape index (κ1) is 29.6. The molecule has 0 aliphatic rings. The van der Waals surface area contributed by atoms with Crippen LogP contribution >= 0.6 is 0 Å². The minimum absolute atomic E-state index is 0.0855. The highest BCUT2D eigenvalue weighted by Gasteiger charge is 2.21. The first-order valence-corrected chi connectivity index (χ1v) is 11.6. The molecule has 204 valence electrons. The van der Waals surface area contributed by atoms with E-state index in [1.807, 2.05) is 0 Å². The van der Waals surface area contributed by atoms with Crippen molar-refractivity contribution in [2.75, 3.05) is 52.3 Å². The molecule has 0 aliphatic heterocycles. The van der Waals surface area contributed by atoms with E-state index in [0.29, 0.717) is 39.9 Å². The lowest BCUT2D eigenvalue weighted by Gasteiger charge is -2.13. The molecule has 0 unspecified atom stereocenters. The van der Waals surface area contributed by atoms with Crippen LogP contribution in [0.15, 0.2) is 48.2 Å². The number of carbonyl (C=O) groups is 3. The zero-order chi connectivity index (χ0) is 28.1. The molecule has 2 N–H and O–H groups in total. The van der Waals surface area contributed by atoms with Gasteiger partial charge in [-0.2, -0.15) is 0 Å². The third-order valence-electron chi connectivity index (χ3n) is 4.98. The maximum absolute atomic E-state index is 12.7. The van der Waals surface area contributed by atoms with Gasteiger partial charge in [0, 0.05) is 30.1 Å². The predicted molar refractivity (Wildman–Crippen MR) is 142 cm³/mol. The van der Waals surface area contributed by atoms with Crippen LogP contribution in [-0.2, 0) is 23.9 Å². The van der Waals surface area contributed by atoms with Gasteiger partial charge in [0.15, 0.2) is 5.57 Å². The fourth-order valence-electron chi connectivity index (χ4n) is 3.21. The van der Waals surface area contributed by atoms with Gasteiger partial charge < -0.3 is 39.1 Å². The molecule has 11 nitrogen and oxygen atoms in total. The van der Waals surface area contributed by atoms with E-state index in [9.17, 15) is 14.4 Å². The average Bonchev–Trinajstić information content (AvgIpc) is 2.91. The summed E-state index contributed by atoms with van der Waals surface area (Å²) >= 11 is 0. The van der Waals surface area contributed by atoms with Gasteiger partial charge in [0.1, 0.15) is 23.0 Å². The number of hydrogen-bond donors (Lipinski definition) is 2. The second-order valence-electron chi connectivity index (χ2n) is 7.33. The number of esters is 2. The Hall–Kier alpha value is -4.67. The highest BCUT2D eigenvalue weighted by Crippen LogP contribution is 2.35. The van der Waals surface area contributed by atoms with E-state index in [1.54, 1.807) is 50.3 Å². The number of anilines is 2. The first-order valence-electron chi connectivity index (χ1n) is 11.6. The SMILES string of the molecule is CCOC(=O)C(=CNc1cc(NC(=O)C=Cc2c(OC)cc(OC)cc2OC)ccc1OC)C(=O)OCC. The Labute approximate surface area is 221 Å². The van der Waals surface area contributed by atoms with Gasteiger partial charge in [-0.05, 0) is 38.1 Å². The highest BCUT2D eigenvalue weighted by molar-refractivity contribution is 6.14. The van der Waals surface area contributed by atoms with Gasteiger partial charge in [-0.15, -0.1) is 0 Å². The summed E-state index contributed by atoms with van der Waals surface area (Å²) in [5.74, 6) is -0.238. The van der Waals surface area contributed by atoms with Crippen molar-refractivity contribution in [2.24, 2.45) is 0 Å². The summed E-state index contributed by atoms with van der Waals surface area (Å²) in [7, 11) is 5.99. The number of ether oxygens (including phenoxy) is 6. The quantitative estimate of drug-likeness (QED) is 0.171. The summed E-state index contributed by atoms with van der Waals surface area (Å²) < 4.78 is 31.2. The molecule has 2 aromatic carbocycles. The number of nitrogens with one attached hydrogen (secondary N) is 2. The third kappa shape index (κ3) is 7.92. The molecule has 0 saturated heterocycles. The molecule has 0 bridgehead atoms. The molecule has 2 rings (SSSR count). The van der Waals surface area contributed by atoms with Gasteiger partial charge in [-0.3, -0.25) is 4.79 Å². The second-order valence-corrected chi connectivity index (χ2v) is 7.33.